The van der Waals surface area contributed by atoms with Crippen LogP contribution >= 0.6 is 0 Å². The Morgan fingerprint density at radius 1 is 0.962 bits per heavy atom. The van der Waals surface area contributed by atoms with Crippen LogP contribution < -0.4 is 0 Å². The zero-order valence-corrected chi connectivity index (χ0v) is 14.6. The van der Waals surface area contributed by atoms with Crippen molar-refractivity contribution in [2.75, 3.05) is 14.2 Å². The number of aromatic hydroxyl groups is 1. The van der Waals surface area contributed by atoms with E-state index in [1.807, 2.05) is 12.1 Å². The third-order valence-electron chi connectivity index (χ3n) is 4.12. The number of carbonyl (C=O) groups is 2. The van der Waals surface area contributed by atoms with Gasteiger partial charge in [-0.15, -0.1) is 0 Å². The number of phenols is 1. The number of aromatic nitrogens is 1. The molecule has 2 aromatic carbocycles. The Labute approximate surface area is 150 Å². The van der Waals surface area contributed by atoms with Gasteiger partial charge in [0.05, 0.1) is 19.8 Å². The van der Waals surface area contributed by atoms with Crippen LogP contribution in [0.4, 0.5) is 0 Å². The molecule has 6 heteroatoms. The summed E-state index contributed by atoms with van der Waals surface area (Å²) in [6.07, 6.45) is 0. The van der Waals surface area contributed by atoms with E-state index in [0.29, 0.717) is 27.7 Å². The Hall–Kier alpha value is -3.41. The molecule has 26 heavy (non-hydrogen) atoms. The molecular weight excluding hydrogens is 334 g/mol. The van der Waals surface area contributed by atoms with Crippen molar-refractivity contribution in [2.45, 2.75) is 6.92 Å². The second-order valence-corrected chi connectivity index (χ2v) is 5.73. The standard InChI is InChI=1S/C20H17NO5/c1-11-4-9-14-15(12-5-7-13(8-6-12)19(23)25-2)10-16(20(24)26-3)18(22)17(14)21-11/h4-10,22H,1-3H3. The molecule has 3 rings (SSSR count). The van der Waals surface area contributed by atoms with Crippen molar-refractivity contribution in [3.05, 3.63) is 59.3 Å². The molecule has 0 fully saturated rings. The number of aryl methyl sites for hydroxylation is 1. The second-order valence-electron chi connectivity index (χ2n) is 5.73. The molecule has 0 radical (unpaired) electrons. The number of hydrogen-bond acceptors (Lipinski definition) is 6. The molecule has 3 aromatic rings. The van der Waals surface area contributed by atoms with Gasteiger partial charge in [-0.25, -0.2) is 14.6 Å². The van der Waals surface area contributed by atoms with Gasteiger partial charge in [0.1, 0.15) is 11.1 Å². The highest BCUT2D eigenvalue weighted by Crippen LogP contribution is 2.36. The smallest absolute Gasteiger partial charge is 0.341 e. The van der Waals surface area contributed by atoms with E-state index in [4.69, 9.17) is 9.47 Å². The molecule has 0 aliphatic carbocycles. The van der Waals surface area contributed by atoms with Crippen LogP contribution in [0.3, 0.4) is 0 Å². The molecule has 6 nitrogen and oxygen atoms in total. The summed E-state index contributed by atoms with van der Waals surface area (Å²) in [5.41, 5.74) is 2.94. The fourth-order valence-electron chi connectivity index (χ4n) is 2.78. The minimum absolute atomic E-state index is 0.0325. The number of pyridine rings is 1. The van der Waals surface area contributed by atoms with E-state index in [1.54, 1.807) is 37.3 Å². The first kappa shape index (κ1) is 17.4. The summed E-state index contributed by atoms with van der Waals surface area (Å²) < 4.78 is 9.47. The van der Waals surface area contributed by atoms with E-state index in [0.717, 1.165) is 5.56 Å². The number of phenolic OH excluding ortho intramolecular Hbond substituents is 1. The normalized spacial score (nSPS) is 10.6. The third-order valence-corrected chi connectivity index (χ3v) is 4.12. The molecule has 0 bridgehead atoms. The number of carbonyl (C=O) groups excluding carboxylic acids is 2. The zero-order chi connectivity index (χ0) is 18.8. The van der Waals surface area contributed by atoms with Gasteiger partial charge < -0.3 is 14.6 Å². The molecule has 0 amide bonds. The number of fused-ring (bicyclic) bond motifs is 1. The molecule has 1 N–H and O–H groups in total. The van der Waals surface area contributed by atoms with E-state index in [1.165, 1.54) is 14.2 Å². The molecule has 0 aliphatic heterocycles. The van der Waals surface area contributed by atoms with E-state index < -0.39 is 11.9 Å². The molecule has 0 saturated carbocycles. The zero-order valence-electron chi connectivity index (χ0n) is 14.6. The molecule has 132 valence electrons. The van der Waals surface area contributed by atoms with Gasteiger partial charge in [-0.2, -0.15) is 0 Å². The van der Waals surface area contributed by atoms with Gasteiger partial charge in [-0.1, -0.05) is 18.2 Å². The van der Waals surface area contributed by atoms with Crippen molar-refractivity contribution >= 4 is 22.8 Å². The average molecular weight is 351 g/mol. The number of esters is 2. The summed E-state index contributed by atoms with van der Waals surface area (Å²) >= 11 is 0. The van der Waals surface area contributed by atoms with Gasteiger partial charge in [-0.3, -0.25) is 0 Å². The topological polar surface area (TPSA) is 85.7 Å². The van der Waals surface area contributed by atoms with E-state index in [-0.39, 0.29) is 11.3 Å². The molecule has 0 spiro atoms. The molecule has 1 aromatic heterocycles. The molecule has 0 atom stereocenters. The second kappa shape index (κ2) is 6.84. The summed E-state index contributed by atoms with van der Waals surface area (Å²) in [5, 5.41) is 11.2. The fraction of sp³-hybridized carbons (Fsp3) is 0.150. The number of rotatable bonds is 3. The van der Waals surface area contributed by atoms with E-state index in [9.17, 15) is 14.7 Å². The number of benzene rings is 2. The number of methoxy groups -OCH3 is 2. The van der Waals surface area contributed by atoms with Gasteiger partial charge in [0, 0.05) is 11.1 Å². The lowest BCUT2D eigenvalue weighted by atomic mass is 9.96. The molecule has 0 saturated heterocycles. The monoisotopic (exact) mass is 351 g/mol. The first-order valence-electron chi connectivity index (χ1n) is 7.86. The summed E-state index contributed by atoms with van der Waals surface area (Å²) in [6, 6.07) is 12.0. The highest BCUT2D eigenvalue weighted by Gasteiger charge is 2.19. The van der Waals surface area contributed by atoms with Gasteiger partial charge in [-0.05, 0) is 42.3 Å². The first-order valence-corrected chi connectivity index (χ1v) is 7.86. The lowest BCUT2D eigenvalue weighted by Gasteiger charge is -2.12. The highest BCUT2D eigenvalue weighted by atomic mass is 16.5. The maximum absolute atomic E-state index is 12.1. The van der Waals surface area contributed by atoms with Crippen molar-refractivity contribution < 1.29 is 24.2 Å². The maximum Gasteiger partial charge on any atom is 0.341 e. The van der Waals surface area contributed by atoms with Crippen LogP contribution in [0.25, 0.3) is 22.0 Å². The Morgan fingerprint density at radius 2 is 1.62 bits per heavy atom. The molecule has 0 unspecified atom stereocenters. The third kappa shape index (κ3) is 2.97. The van der Waals surface area contributed by atoms with Gasteiger partial charge >= 0.3 is 11.9 Å². The fourth-order valence-corrected chi connectivity index (χ4v) is 2.78. The molecular formula is C20H17NO5. The predicted molar refractivity (Wildman–Crippen MR) is 96.3 cm³/mol. The van der Waals surface area contributed by atoms with Crippen LogP contribution in [-0.4, -0.2) is 36.2 Å². The molecule has 0 aliphatic rings. The minimum Gasteiger partial charge on any atom is -0.505 e. The van der Waals surface area contributed by atoms with Crippen LogP contribution in [0.15, 0.2) is 42.5 Å². The van der Waals surface area contributed by atoms with Crippen LogP contribution in [0.2, 0.25) is 0 Å². The largest absolute Gasteiger partial charge is 0.505 e. The Bertz CT molecular complexity index is 1010. The number of ether oxygens (including phenoxy) is 2. The van der Waals surface area contributed by atoms with E-state index >= 15 is 0 Å². The molecule has 1 heterocycles. The number of hydrogen-bond donors (Lipinski definition) is 1. The van der Waals surface area contributed by atoms with Crippen LogP contribution in [0.1, 0.15) is 26.4 Å². The SMILES string of the molecule is COC(=O)c1ccc(-c2cc(C(=O)OC)c(O)c3nc(C)ccc23)cc1. The lowest BCUT2D eigenvalue weighted by Crippen LogP contribution is -2.04. The van der Waals surface area contributed by atoms with Crippen molar-refractivity contribution in [1.82, 2.24) is 4.98 Å². The van der Waals surface area contributed by atoms with E-state index in [2.05, 4.69) is 4.98 Å². The first-order chi connectivity index (χ1) is 12.5. The lowest BCUT2D eigenvalue weighted by molar-refractivity contribution is 0.0590. The van der Waals surface area contributed by atoms with Gasteiger partial charge in [0.25, 0.3) is 0 Å². The summed E-state index contributed by atoms with van der Waals surface area (Å²) in [5.74, 6) is -1.30. The Kier molecular flexibility index (Phi) is 4.58. The maximum atomic E-state index is 12.1. The quantitative estimate of drug-likeness (QED) is 0.727. The van der Waals surface area contributed by atoms with Crippen LogP contribution in [0, 0.1) is 6.92 Å². The Morgan fingerprint density at radius 3 is 2.23 bits per heavy atom. The summed E-state index contributed by atoms with van der Waals surface area (Å²) in [7, 11) is 2.57. The van der Waals surface area contributed by atoms with Crippen molar-refractivity contribution in [3.63, 3.8) is 0 Å². The average Bonchev–Trinajstić information content (AvgIpc) is 2.67. The minimum atomic E-state index is -0.653. The van der Waals surface area contributed by atoms with Crippen molar-refractivity contribution in [1.29, 1.82) is 0 Å². The predicted octanol–water partition coefficient (Wildman–Crippen LogP) is 3.49. The summed E-state index contributed by atoms with van der Waals surface area (Å²) in [4.78, 5) is 28.0. The van der Waals surface area contributed by atoms with Gasteiger partial charge in [0.2, 0.25) is 0 Å². The van der Waals surface area contributed by atoms with Crippen molar-refractivity contribution in [2.24, 2.45) is 0 Å². The Balaban J connectivity index is 2.26. The summed E-state index contributed by atoms with van der Waals surface area (Å²) in [6.45, 7) is 1.80. The van der Waals surface area contributed by atoms with Crippen molar-refractivity contribution in [3.8, 4) is 16.9 Å². The number of nitrogens with zero attached hydrogens (tertiary/aromatic N) is 1. The van der Waals surface area contributed by atoms with Crippen LogP contribution in [-0.2, 0) is 9.47 Å². The highest BCUT2D eigenvalue weighted by molar-refractivity contribution is 6.06. The van der Waals surface area contributed by atoms with Gasteiger partial charge in [0.15, 0.2) is 5.75 Å². The van der Waals surface area contributed by atoms with Crippen LogP contribution in [0.5, 0.6) is 5.75 Å².